The highest BCUT2D eigenvalue weighted by Crippen LogP contribution is 2.36. The van der Waals surface area contributed by atoms with Crippen LogP contribution in [0, 0.1) is 5.92 Å². The van der Waals surface area contributed by atoms with Crippen molar-refractivity contribution in [3.63, 3.8) is 0 Å². The van der Waals surface area contributed by atoms with Crippen LogP contribution in [0.1, 0.15) is 45.4 Å². The van der Waals surface area contributed by atoms with E-state index in [1.807, 2.05) is 44.4 Å². The maximum absolute atomic E-state index is 11.7. The molecule has 1 aliphatic carbocycles. The number of aromatic nitrogens is 3. The van der Waals surface area contributed by atoms with Gasteiger partial charge in [-0.15, -0.1) is 0 Å². The molecule has 34 heavy (non-hydrogen) atoms. The van der Waals surface area contributed by atoms with Crippen molar-refractivity contribution in [2.24, 2.45) is 13.0 Å². The number of rotatable bonds is 7. The molecule has 2 fully saturated rings. The standard InChI is InChI=1S/C26H32N4O4/c1-16(18-12-25(31)27-14-18)33-26-20-15-30(2)29-22(20)13-21(28-26)17-9-10-23(24(11-17)32-3)34-19-7-5-4-6-8-19/h9-11,13,15-16,18-19H,4-8,12,14H2,1-3H3,(H,27,31)/t16-,18-/m1/s1. The average Bonchev–Trinajstić information content (AvgIpc) is 3.45. The van der Waals surface area contributed by atoms with Crippen LogP contribution < -0.4 is 19.5 Å². The van der Waals surface area contributed by atoms with E-state index in [2.05, 4.69) is 10.4 Å². The minimum atomic E-state index is -0.161. The van der Waals surface area contributed by atoms with Crippen LogP contribution in [0.5, 0.6) is 17.4 Å². The monoisotopic (exact) mass is 464 g/mol. The number of pyridine rings is 1. The molecule has 180 valence electrons. The summed E-state index contributed by atoms with van der Waals surface area (Å²) in [6.45, 7) is 2.61. The van der Waals surface area contributed by atoms with Gasteiger partial charge in [-0.05, 0) is 56.9 Å². The molecule has 0 unspecified atom stereocenters. The molecular weight excluding hydrogens is 432 g/mol. The molecule has 1 saturated heterocycles. The van der Waals surface area contributed by atoms with E-state index in [4.69, 9.17) is 19.2 Å². The molecule has 5 rings (SSSR count). The summed E-state index contributed by atoms with van der Waals surface area (Å²) in [4.78, 5) is 16.5. The van der Waals surface area contributed by atoms with Crippen LogP contribution >= 0.6 is 0 Å². The number of aryl methyl sites for hydroxylation is 1. The molecule has 0 radical (unpaired) electrons. The van der Waals surface area contributed by atoms with Crippen molar-refractivity contribution in [1.82, 2.24) is 20.1 Å². The normalized spacial score (nSPS) is 19.7. The van der Waals surface area contributed by atoms with E-state index in [0.717, 1.165) is 40.8 Å². The summed E-state index contributed by atoms with van der Waals surface area (Å²) in [7, 11) is 3.54. The summed E-state index contributed by atoms with van der Waals surface area (Å²) >= 11 is 0. The lowest BCUT2D eigenvalue weighted by molar-refractivity contribution is -0.119. The highest BCUT2D eigenvalue weighted by atomic mass is 16.5. The van der Waals surface area contributed by atoms with Gasteiger partial charge in [0.1, 0.15) is 6.10 Å². The molecule has 2 aliphatic rings. The first kappa shape index (κ1) is 22.5. The second-order valence-electron chi connectivity index (χ2n) is 9.38. The predicted octanol–water partition coefficient (Wildman–Crippen LogP) is 4.26. The molecule has 8 nitrogen and oxygen atoms in total. The minimum Gasteiger partial charge on any atom is -0.493 e. The van der Waals surface area contributed by atoms with Crippen molar-refractivity contribution >= 4 is 16.8 Å². The van der Waals surface area contributed by atoms with Crippen molar-refractivity contribution in [2.75, 3.05) is 13.7 Å². The zero-order valence-corrected chi connectivity index (χ0v) is 20.0. The smallest absolute Gasteiger partial charge is 0.225 e. The SMILES string of the molecule is COc1cc(-c2cc3nn(C)cc3c(O[C@H](C)[C@H]3CNC(=O)C3)n2)ccc1OC1CCCCC1. The van der Waals surface area contributed by atoms with E-state index in [0.29, 0.717) is 24.6 Å². The lowest BCUT2D eigenvalue weighted by Gasteiger charge is -2.24. The van der Waals surface area contributed by atoms with E-state index in [-0.39, 0.29) is 24.0 Å². The lowest BCUT2D eigenvalue weighted by Crippen LogP contribution is -2.26. The molecule has 1 aliphatic heterocycles. The van der Waals surface area contributed by atoms with Crippen molar-refractivity contribution in [3.8, 4) is 28.6 Å². The van der Waals surface area contributed by atoms with Gasteiger partial charge in [0.2, 0.25) is 11.8 Å². The van der Waals surface area contributed by atoms with Gasteiger partial charge in [0.15, 0.2) is 11.5 Å². The highest BCUT2D eigenvalue weighted by molar-refractivity contribution is 5.87. The van der Waals surface area contributed by atoms with Gasteiger partial charge in [-0.2, -0.15) is 5.10 Å². The van der Waals surface area contributed by atoms with Crippen LogP contribution in [-0.2, 0) is 11.8 Å². The van der Waals surface area contributed by atoms with E-state index < -0.39 is 0 Å². The van der Waals surface area contributed by atoms with Crippen molar-refractivity contribution in [1.29, 1.82) is 0 Å². The maximum atomic E-state index is 11.7. The van der Waals surface area contributed by atoms with Crippen LogP contribution in [0.15, 0.2) is 30.5 Å². The quantitative estimate of drug-likeness (QED) is 0.562. The molecule has 1 saturated carbocycles. The number of methoxy groups -OCH3 is 1. The molecule has 8 heteroatoms. The van der Waals surface area contributed by atoms with Crippen LogP contribution in [0.25, 0.3) is 22.2 Å². The second kappa shape index (κ2) is 9.52. The Hall–Kier alpha value is -3.29. The Morgan fingerprint density at radius 2 is 1.97 bits per heavy atom. The van der Waals surface area contributed by atoms with E-state index >= 15 is 0 Å². The van der Waals surface area contributed by atoms with E-state index in [1.54, 1.807) is 11.8 Å². The average molecular weight is 465 g/mol. The molecule has 0 bridgehead atoms. The van der Waals surface area contributed by atoms with Gasteiger partial charge in [0.05, 0.1) is 29.8 Å². The number of carbonyl (C=O) groups excluding carboxylic acids is 1. The number of nitrogens with one attached hydrogen (secondary N) is 1. The van der Waals surface area contributed by atoms with Gasteiger partial charge in [0, 0.05) is 37.7 Å². The molecule has 1 amide bonds. The first-order valence-corrected chi connectivity index (χ1v) is 12.1. The Labute approximate surface area is 199 Å². The zero-order chi connectivity index (χ0) is 23.7. The van der Waals surface area contributed by atoms with Crippen molar-refractivity contribution in [3.05, 3.63) is 30.5 Å². The Morgan fingerprint density at radius 1 is 1.15 bits per heavy atom. The minimum absolute atomic E-state index is 0.0660. The van der Waals surface area contributed by atoms with Crippen molar-refractivity contribution in [2.45, 2.75) is 57.7 Å². The third-order valence-corrected chi connectivity index (χ3v) is 6.86. The number of hydrogen-bond donors (Lipinski definition) is 1. The molecule has 3 aromatic rings. The molecule has 1 aromatic carbocycles. The topological polar surface area (TPSA) is 87.5 Å². The number of hydrogen-bond acceptors (Lipinski definition) is 6. The molecular formula is C26H32N4O4. The molecule has 2 aromatic heterocycles. The molecule has 2 atom stereocenters. The Balaban J connectivity index is 1.45. The van der Waals surface area contributed by atoms with Crippen LogP contribution in [0.2, 0.25) is 0 Å². The summed E-state index contributed by atoms with van der Waals surface area (Å²) in [6, 6.07) is 7.89. The predicted molar refractivity (Wildman–Crippen MR) is 129 cm³/mol. The maximum Gasteiger partial charge on any atom is 0.225 e. The summed E-state index contributed by atoms with van der Waals surface area (Å²) in [6.07, 6.45) is 8.35. The van der Waals surface area contributed by atoms with E-state index in [1.165, 1.54) is 19.3 Å². The Kier molecular flexibility index (Phi) is 6.30. The van der Waals surface area contributed by atoms with Gasteiger partial charge < -0.3 is 19.5 Å². The van der Waals surface area contributed by atoms with Crippen LogP contribution in [0.3, 0.4) is 0 Å². The Morgan fingerprint density at radius 3 is 2.71 bits per heavy atom. The van der Waals surface area contributed by atoms with E-state index in [9.17, 15) is 4.79 Å². The largest absolute Gasteiger partial charge is 0.493 e. The van der Waals surface area contributed by atoms with Gasteiger partial charge in [-0.3, -0.25) is 9.48 Å². The number of fused-ring (bicyclic) bond motifs is 1. The summed E-state index contributed by atoms with van der Waals surface area (Å²) in [5.41, 5.74) is 2.45. The number of nitrogens with zero attached hydrogens (tertiary/aromatic N) is 3. The third kappa shape index (κ3) is 4.67. The number of carbonyl (C=O) groups is 1. The van der Waals surface area contributed by atoms with Gasteiger partial charge in [-0.25, -0.2) is 4.98 Å². The summed E-state index contributed by atoms with van der Waals surface area (Å²) < 4.78 is 20.0. The highest BCUT2D eigenvalue weighted by Gasteiger charge is 2.29. The molecule has 3 heterocycles. The molecule has 0 spiro atoms. The first-order chi connectivity index (χ1) is 16.5. The Bertz CT molecular complexity index is 1190. The summed E-state index contributed by atoms with van der Waals surface area (Å²) in [5, 5.41) is 8.32. The lowest BCUT2D eigenvalue weighted by atomic mass is 9.98. The number of benzene rings is 1. The zero-order valence-electron chi connectivity index (χ0n) is 20.0. The van der Waals surface area contributed by atoms with Gasteiger partial charge in [-0.1, -0.05) is 6.42 Å². The van der Waals surface area contributed by atoms with Gasteiger partial charge >= 0.3 is 0 Å². The first-order valence-electron chi connectivity index (χ1n) is 12.1. The van der Waals surface area contributed by atoms with Crippen molar-refractivity contribution < 1.29 is 19.0 Å². The van der Waals surface area contributed by atoms with Crippen LogP contribution in [-0.4, -0.2) is 46.5 Å². The molecule has 1 N–H and O–H groups in total. The second-order valence-corrected chi connectivity index (χ2v) is 9.38. The third-order valence-electron chi connectivity index (χ3n) is 6.86. The fourth-order valence-corrected chi connectivity index (χ4v) is 4.86. The van der Waals surface area contributed by atoms with Crippen LogP contribution in [0.4, 0.5) is 0 Å². The number of ether oxygens (including phenoxy) is 3. The number of amides is 1. The van der Waals surface area contributed by atoms with Gasteiger partial charge in [0.25, 0.3) is 0 Å². The fourth-order valence-electron chi connectivity index (χ4n) is 4.86. The summed E-state index contributed by atoms with van der Waals surface area (Å²) in [5.74, 6) is 2.16. The fraction of sp³-hybridized carbons (Fsp3) is 0.500.